The number of hydrogen-bond donors (Lipinski definition) is 1. The van der Waals surface area contributed by atoms with Crippen molar-refractivity contribution in [1.82, 2.24) is 10.3 Å². The summed E-state index contributed by atoms with van der Waals surface area (Å²) < 4.78 is 0.222. The zero-order chi connectivity index (χ0) is 14.6. The standard InChI is InChI=1S/C15H21ClN2OS/c1-3-12-8-11(9-13(16)18-12)14(19)17-10-15(20-2)6-4-5-7-15/h8-9H,3-7,10H2,1-2H3,(H,17,19). The van der Waals surface area contributed by atoms with Crippen LogP contribution in [0.2, 0.25) is 5.15 Å². The van der Waals surface area contributed by atoms with Crippen LogP contribution in [0.4, 0.5) is 0 Å². The van der Waals surface area contributed by atoms with Gasteiger partial charge in [0.2, 0.25) is 0 Å². The lowest BCUT2D eigenvalue weighted by Crippen LogP contribution is -2.38. The molecule has 1 aromatic rings. The van der Waals surface area contributed by atoms with E-state index in [0.717, 1.165) is 18.7 Å². The zero-order valence-corrected chi connectivity index (χ0v) is 13.6. The summed E-state index contributed by atoms with van der Waals surface area (Å²) in [4.78, 5) is 16.5. The first-order valence-electron chi connectivity index (χ1n) is 7.08. The van der Waals surface area contributed by atoms with Gasteiger partial charge in [-0.25, -0.2) is 4.98 Å². The smallest absolute Gasteiger partial charge is 0.251 e. The summed E-state index contributed by atoms with van der Waals surface area (Å²) in [5.41, 5.74) is 1.46. The minimum atomic E-state index is -0.0516. The number of carbonyl (C=O) groups excluding carboxylic acids is 1. The van der Waals surface area contributed by atoms with E-state index in [1.54, 1.807) is 6.07 Å². The molecule has 0 atom stereocenters. The monoisotopic (exact) mass is 312 g/mol. The average molecular weight is 313 g/mol. The number of aromatic nitrogens is 1. The molecule has 0 aliphatic heterocycles. The molecule has 0 bridgehead atoms. The van der Waals surface area contributed by atoms with Gasteiger partial charge < -0.3 is 5.32 Å². The van der Waals surface area contributed by atoms with Gasteiger partial charge in [0.05, 0.1) is 0 Å². The Morgan fingerprint density at radius 2 is 2.15 bits per heavy atom. The number of halogens is 1. The van der Waals surface area contributed by atoms with Crippen molar-refractivity contribution in [1.29, 1.82) is 0 Å². The lowest BCUT2D eigenvalue weighted by Gasteiger charge is -2.26. The topological polar surface area (TPSA) is 42.0 Å². The van der Waals surface area contributed by atoms with Crippen LogP contribution in [-0.4, -0.2) is 28.4 Å². The van der Waals surface area contributed by atoms with E-state index in [1.165, 1.54) is 25.7 Å². The van der Waals surface area contributed by atoms with Crippen molar-refractivity contribution >= 4 is 29.3 Å². The van der Waals surface area contributed by atoms with Gasteiger partial charge >= 0.3 is 0 Å². The lowest BCUT2D eigenvalue weighted by molar-refractivity contribution is 0.0949. The van der Waals surface area contributed by atoms with Gasteiger partial charge in [0.15, 0.2) is 0 Å². The fourth-order valence-electron chi connectivity index (χ4n) is 2.68. The Labute approximate surface area is 129 Å². The van der Waals surface area contributed by atoms with E-state index in [4.69, 9.17) is 11.6 Å². The molecular formula is C15H21ClN2OS. The Morgan fingerprint density at radius 3 is 2.75 bits per heavy atom. The number of nitrogens with one attached hydrogen (secondary N) is 1. The van der Waals surface area contributed by atoms with E-state index in [-0.39, 0.29) is 10.7 Å². The van der Waals surface area contributed by atoms with Gasteiger partial charge in [-0.3, -0.25) is 4.79 Å². The number of hydrogen-bond acceptors (Lipinski definition) is 3. The Bertz CT molecular complexity index is 487. The number of amides is 1. The van der Waals surface area contributed by atoms with E-state index >= 15 is 0 Å². The van der Waals surface area contributed by atoms with Crippen LogP contribution in [-0.2, 0) is 6.42 Å². The van der Waals surface area contributed by atoms with Gasteiger partial charge in [-0.05, 0) is 37.7 Å². The molecule has 0 saturated heterocycles. The van der Waals surface area contributed by atoms with Crippen LogP contribution >= 0.6 is 23.4 Å². The van der Waals surface area contributed by atoms with Crippen molar-refractivity contribution in [3.05, 3.63) is 28.5 Å². The highest BCUT2D eigenvalue weighted by Gasteiger charge is 2.33. The van der Waals surface area contributed by atoms with Crippen LogP contribution in [0.3, 0.4) is 0 Å². The third-order valence-electron chi connectivity index (χ3n) is 3.99. The number of rotatable bonds is 5. The second-order valence-electron chi connectivity index (χ2n) is 5.30. The van der Waals surface area contributed by atoms with Gasteiger partial charge in [0.1, 0.15) is 5.15 Å². The number of pyridine rings is 1. The summed E-state index contributed by atoms with van der Waals surface area (Å²) in [5.74, 6) is -0.0516. The highest BCUT2D eigenvalue weighted by Crippen LogP contribution is 2.39. The van der Waals surface area contributed by atoms with E-state index in [1.807, 2.05) is 24.8 Å². The largest absolute Gasteiger partial charge is 0.351 e. The summed E-state index contributed by atoms with van der Waals surface area (Å²) in [6.45, 7) is 2.73. The van der Waals surface area contributed by atoms with Crippen LogP contribution in [0.25, 0.3) is 0 Å². The van der Waals surface area contributed by atoms with Crippen molar-refractivity contribution in [2.24, 2.45) is 0 Å². The van der Waals surface area contributed by atoms with Gasteiger partial charge in [0.25, 0.3) is 5.91 Å². The fraction of sp³-hybridized carbons (Fsp3) is 0.600. The van der Waals surface area contributed by atoms with Crippen molar-refractivity contribution in [2.75, 3.05) is 12.8 Å². The maximum absolute atomic E-state index is 12.3. The Hall–Kier alpha value is -0.740. The van der Waals surface area contributed by atoms with E-state index in [9.17, 15) is 4.79 Å². The average Bonchev–Trinajstić information content (AvgIpc) is 2.93. The Balaban J connectivity index is 2.03. The molecule has 1 fully saturated rings. The molecule has 1 saturated carbocycles. The maximum Gasteiger partial charge on any atom is 0.251 e. The molecule has 1 amide bonds. The number of nitrogens with zero attached hydrogens (tertiary/aromatic N) is 1. The number of carbonyl (C=O) groups is 1. The van der Waals surface area contributed by atoms with Crippen molar-refractivity contribution in [3.63, 3.8) is 0 Å². The summed E-state index contributed by atoms with van der Waals surface area (Å²) in [5, 5.41) is 3.45. The van der Waals surface area contributed by atoms with Crippen LogP contribution in [0.5, 0.6) is 0 Å². The third-order valence-corrected chi connectivity index (χ3v) is 5.60. The molecular weight excluding hydrogens is 292 g/mol. The molecule has 5 heteroatoms. The first-order chi connectivity index (χ1) is 9.58. The molecule has 1 aliphatic carbocycles. The predicted octanol–water partition coefficient (Wildman–Crippen LogP) is 3.70. The molecule has 0 unspecified atom stereocenters. The normalized spacial score (nSPS) is 17.1. The Morgan fingerprint density at radius 1 is 1.45 bits per heavy atom. The second-order valence-corrected chi connectivity index (χ2v) is 6.96. The van der Waals surface area contributed by atoms with E-state index in [0.29, 0.717) is 10.7 Å². The minimum Gasteiger partial charge on any atom is -0.351 e. The van der Waals surface area contributed by atoms with Crippen LogP contribution in [0.15, 0.2) is 12.1 Å². The van der Waals surface area contributed by atoms with Gasteiger partial charge in [0, 0.05) is 22.5 Å². The number of thioether (sulfide) groups is 1. The Kier molecular flexibility index (Phi) is 5.33. The van der Waals surface area contributed by atoms with Gasteiger partial charge in [-0.2, -0.15) is 11.8 Å². The summed E-state index contributed by atoms with van der Waals surface area (Å²) in [7, 11) is 0. The van der Waals surface area contributed by atoms with Crippen LogP contribution in [0, 0.1) is 0 Å². The molecule has 0 radical (unpaired) electrons. The van der Waals surface area contributed by atoms with Gasteiger partial charge in [-0.15, -0.1) is 0 Å². The van der Waals surface area contributed by atoms with Crippen molar-refractivity contribution in [3.8, 4) is 0 Å². The highest BCUT2D eigenvalue weighted by atomic mass is 35.5. The predicted molar refractivity (Wildman–Crippen MR) is 85.7 cm³/mol. The minimum absolute atomic E-state index is 0.0516. The first-order valence-corrected chi connectivity index (χ1v) is 8.68. The summed E-state index contributed by atoms with van der Waals surface area (Å²) in [6.07, 6.45) is 7.80. The van der Waals surface area contributed by atoms with Crippen LogP contribution < -0.4 is 5.32 Å². The lowest BCUT2D eigenvalue weighted by atomic mass is 10.1. The van der Waals surface area contributed by atoms with E-state index < -0.39 is 0 Å². The molecule has 1 N–H and O–H groups in total. The van der Waals surface area contributed by atoms with Crippen LogP contribution in [0.1, 0.15) is 48.7 Å². The van der Waals surface area contributed by atoms with Crippen molar-refractivity contribution in [2.45, 2.75) is 43.8 Å². The molecule has 110 valence electrons. The van der Waals surface area contributed by atoms with E-state index in [2.05, 4.69) is 16.6 Å². The summed E-state index contributed by atoms with van der Waals surface area (Å²) in [6, 6.07) is 3.46. The molecule has 0 aromatic carbocycles. The molecule has 1 aliphatic rings. The first kappa shape index (κ1) is 15.6. The molecule has 1 heterocycles. The van der Waals surface area contributed by atoms with Crippen molar-refractivity contribution < 1.29 is 4.79 Å². The molecule has 3 nitrogen and oxygen atoms in total. The third kappa shape index (κ3) is 3.67. The zero-order valence-electron chi connectivity index (χ0n) is 12.0. The fourth-order valence-corrected chi connectivity index (χ4v) is 3.82. The molecule has 20 heavy (non-hydrogen) atoms. The quantitative estimate of drug-likeness (QED) is 0.843. The molecule has 0 spiro atoms. The van der Waals surface area contributed by atoms with Gasteiger partial charge in [-0.1, -0.05) is 31.4 Å². The second kappa shape index (κ2) is 6.81. The molecule has 1 aromatic heterocycles. The summed E-state index contributed by atoms with van der Waals surface area (Å²) >= 11 is 7.83. The highest BCUT2D eigenvalue weighted by molar-refractivity contribution is 8.00. The SMILES string of the molecule is CCc1cc(C(=O)NCC2(SC)CCCC2)cc(Cl)n1. The molecule has 2 rings (SSSR count). The number of aryl methyl sites for hydroxylation is 1. The maximum atomic E-state index is 12.3.